The van der Waals surface area contributed by atoms with E-state index >= 15 is 0 Å². The minimum Gasteiger partial charge on any atom is -0.310 e. The molecule has 1 N–H and O–H groups in total. The number of nitrogens with one attached hydrogen (secondary N) is 1. The minimum atomic E-state index is -3.44. The van der Waals surface area contributed by atoms with Crippen molar-refractivity contribution in [3.8, 4) is 0 Å². The summed E-state index contributed by atoms with van der Waals surface area (Å²) in [5, 5.41) is 1.67. The molecule has 17 heavy (non-hydrogen) atoms. The lowest BCUT2D eigenvalue weighted by Gasteiger charge is -2.10. The largest absolute Gasteiger partial charge is 0.310 e. The molecule has 0 aromatic carbocycles. The summed E-state index contributed by atoms with van der Waals surface area (Å²) >= 11 is 11.4. The number of carbonyl (C=O) groups excluding carboxylic acids is 1. The number of hydrogen-bond donors (Lipinski definition) is 1. The van der Waals surface area contributed by atoms with Crippen LogP contribution in [-0.2, 0) is 14.6 Å². The van der Waals surface area contributed by atoms with Crippen LogP contribution >= 0.6 is 23.2 Å². The molecule has 1 aromatic rings. The van der Waals surface area contributed by atoms with E-state index < -0.39 is 21.0 Å². The second-order valence-corrected chi connectivity index (χ2v) is 6.63. The molecule has 1 heterocycles. The predicted molar refractivity (Wildman–Crippen MR) is 67.2 cm³/mol. The molecule has 0 aliphatic carbocycles. The highest BCUT2D eigenvalue weighted by Crippen LogP contribution is 2.22. The monoisotopic (exact) mass is 296 g/mol. The smallest absolute Gasteiger partial charge is 0.243 e. The fourth-order valence-corrected chi connectivity index (χ4v) is 1.61. The Hall–Kier alpha value is -0.850. The lowest BCUT2D eigenvalue weighted by molar-refractivity contribution is -0.115. The summed E-state index contributed by atoms with van der Waals surface area (Å²) in [5.74, 6) is -0.515. The second-order valence-electron chi connectivity index (χ2n) is 3.44. The molecule has 0 saturated heterocycles. The summed E-state index contributed by atoms with van der Waals surface area (Å²) in [6.45, 7) is 1.29. The summed E-state index contributed by atoms with van der Waals surface area (Å²) in [4.78, 5) is 15.3. The summed E-state index contributed by atoms with van der Waals surface area (Å²) in [7, 11) is -3.44. The molecule has 8 heteroatoms. The number of amides is 1. The maximum Gasteiger partial charge on any atom is 0.243 e. The average Bonchev–Trinajstić information content (AvgIpc) is 2.21. The van der Waals surface area contributed by atoms with Crippen LogP contribution in [-0.4, -0.2) is 30.8 Å². The van der Waals surface area contributed by atoms with Crippen molar-refractivity contribution in [2.24, 2.45) is 0 Å². The zero-order valence-corrected chi connectivity index (χ0v) is 11.4. The van der Waals surface area contributed by atoms with Crippen molar-refractivity contribution in [2.45, 2.75) is 12.2 Å². The van der Waals surface area contributed by atoms with Gasteiger partial charge in [-0.15, -0.1) is 0 Å². The topological polar surface area (TPSA) is 76.1 Å². The molecule has 0 fully saturated rings. The highest BCUT2D eigenvalue weighted by molar-refractivity contribution is 7.92. The van der Waals surface area contributed by atoms with Crippen molar-refractivity contribution in [2.75, 3.05) is 11.6 Å². The molecule has 5 nitrogen and oxygen atoms in total. The number of hydrogen-bond acceptors (Lipinski definition) is 4. The maximum absolute atomic E-state index is 11.5. The molecule has 1 amide bonds. The van der Waals surface area contributed by atoms with Gasteiger partial charge in [-0.2, -0.15) is 0 Å². The molecule has 0 aliphatic rings. The number of sulfone groups is 1. The molecule has 0 unspecified atom stereocenters. The van der Waals surface area contributed by atoms with Crippen molar-refractivity contribution in [1.29, 1.82) is 0 Å². The number of carbonyl (C=O) groups is 1. The van der Waals surface area contributed by atoms with Gasteiger partial charge in [0, 0.05) is 18.5 Å². The zero-order chi connectivity index (χ0) is 13.2. The van der Waals surface area contributed by atoms with Gasteiger partial charge in [-0.1, -0.05) is 23.2 Å². The van der Waals surface area contributed by atoms with E-state index in [-0.39, 0.29) is 15.9 Å². The molecule has 0 bridgehead atoms. The van der Waals surface area contributed by atoms with Crippen LogP contribution in [0.15, 0.2) is 12.3 Å². The van der Waals surface area contributed by atoms with Gasteiger partial charge < -0.3 is 5.32 Å². The summed E-state index contributed by atoms with van der Waals surface area (Å²) in [5.41, 5.74) is 0. The number of aromatic nitrogens is 1. The van der Waals surface area contributed by atoms with Crippen LogP contribution in [0.2, 0.25) is 10.0 Å². The quantitative estimate of drug-likeness (QED) is 0.922. The molecule has 1 rings (SSSR count). The molecular formula is C9H10Cl2N2O3S. The predicted octanol–water partition coefficient (Wildman–Crippen LogP) is 1.76. The summed E-state index contributed by atoms with van der Waals surface area (Å²) in [6.07, 6.45) is 2.25. The van der Waals surface area contributed by atoms with Crippen LogP contribution < -0.4 is 5.32 Å². The molecule has 0 spiro atoms. The molecule has 1 aromatic heterocycles. The van der Waals surface area contributed by atoms with Crippen molar-refractivity contribution in [3.63, 3.8) is 0 Å². The van der Waals surface area contributed by atoms with E-state index in [1.807, 2.05) is 0 Å². The second kappa shape index (κ2) is 5.20. The van der Waals surface area contributed by atoms with Crippen molar-refractivity contribution < 1.29 is 13.2 Å². The van der Waals surface area contributed by atoms with Gasteiger partial charge in [0.15, 0.2) is 9.84 Å². The van der Waals surface area contributed by atoms with Gasteiger partial charge in [-0.25, -0.2) is 13.4 Å². The average molecular weight is 297 g/mol. The third-order valence-electron chi connectivity index (χ3n) is 2.07. The van der Waals surface area contributed by atoms with Crippen molar-refractivity contribution >= 4 is 44.8 Å². The first-order valence-corrected chi connectivity index (χ1v) is 7.23. The molecule has 94 valence electrons. The Morgan fingerprint density at radius 1 is 1.41 bits per heavy atom. The number of nitrogens with zero attached hydrogens (tertiary/aromatic N) is 1. The summed E-state index contributed by atoms with van der Waals surface area (Å²) in [6, 6.07) is 1.34. The third-order valence-corrected chi connectivity index (χ3v) is 4.28. The molecule has 0 saturated carbocycles. The number of pyridine rings is 1. The fourth-order valence-electron chi connectivity index (χ4n) is 0.905. The number of halogens is 2. The van der Waals surface area contributed by atoms with Crippen LogP contribution in [0.25, 0.3) is 0 Å². The first-order valence-electron chi connectivity index (χ1n) is 4.52. The SMILES string of the molecule is C[C@H](C(=O)Nc1cc(Cl)c(Cl)cn1)S(C)(=O)=O. The van der Waals surface area contributed by atoms with E-state index in [9.17, 15) is 13.2 Å². The third kappa shape index (κ3) is 3.83. The van der Waals surface area contributed by atoms with Crippen LogP contribution in [0.1, 0.15) is 6.92 Å². The molecule has 1 atom stereocenters. The Labute approximate surface area is 109 Å². The Balaban J connectivity index is 2.85. The maximum atomic E-state index is 11.5. The molecule has 0 aliphatic heterocycles. The van der Waals surface area contributed by atoms with Crippen molar-refractivity contribution in [1.82, 2.24) is 4.98 Å². The Morgan fingerprint density at radius 3 is 2.47 bits per heavy atom. The fraction of sp³-hybridized carbons (Fsp3) is 0.333. The number of rotatable bonds is 3. The van der Waals surface area contributed by atoms with Crippen LogP contribution in [0.4, 0.5) is 5.82 Å². The van der Waals surface area contributed by atoms with Crippen molar-refractivity contribution in [3.05, 3.63) is 22.3 Å². The highest BCUT2D eigenvalue weighted by atomic mass is 35.5. The van der Waals surface area contributed by atoms with Gasteiger partial charge in [0.2, 0.25) is 5.91 Å². The Kier molecular flexibility index (Phi) is 4.35. The standard InChI is InChI=1S/C9H10Cl2N2O3S/c1-5(17(2,15)16)9(14)13-8-3-6(10)7(11)4-12-8/h3-5H,1-2H3,(H,12,13,14)/t5-/m1/s1. The van der Waals surface area contributed by atoms with Crippen LogP contribution in [0, 0.1) is 0 Å². The lowest BCUT2D eigenvalue weighted by atomic mass is 10.4. The molecule has 0 radical (unpaired) electrons. The van der Waals surface area contributed by atoms with E-state index in [2.05, 4.69) is 10.3 Å². The van der Waals surface area contributed by atoms with Gasteiger partial charge in [-0.05, 0) is 6.92 Å². The van der Waals surface area contributed by atoms with E-state index in [0.717, 1.165) is 6.26 Å². The first kappa shape index (κ1) is 14.2. The highest BCUT2D eigenvalue weighted by Gasteiger charge is 2.23. The normalized spacial score (nSPS) is 13.2. The first-order chi connectivity index (χ1) is 7.71. The van der Waals surface area contributed by atoms with Gasteiger partial charge >= 0.3 is 0 Å². The van der Waals surface area contributed by atoms with Gasteiger partial charge in [0.25, 0.3) is 0 Å². The lowest BCUT2D eigenvalue weighted by Crippen LogP contribution is -2.32. The van der Waals surface area contributed by atoms with Gasteiger partial charge in [0.1, 0.15) is 11.1 Å². The van der Waals surface area contributed by atoms with Gasteiger partial charge in [0.05, 0.1) is 10.0 Å². The molecular weight excluding hydrogens is 287 g/mol. The van der Waals surface area contributed by atoms with Crippen LogP contribution in [0.3, 0.4) is 0 Å². The van der Waals surface area contributed by atoms with Gasteiger partial charge in [-0.3, -0.25) is 4.79 Å². The number of anilines is 1. The van der Waals surface area contributed by atoms with E-state index in [4.69, 9.17) is 23.2 Å². The van der Waals surface area contributed by atoms with E-state index in [1.165, 1.54) is 19.2 Å². The Morgan fingerprint density at radius 2 is 2.00 bits per heavy atom. The van der Waals surface area contributed by atoms with E-state index in [0.29, 0.717) is 0 Å². The van der Waals surface area contributed by atoms with Crippen LogP contribution in [0.5, 0.6) is 0 Å². The minimum absolute atomic E-state index is 0.153. The zero-order valence-electron chi connectivity index (χ0n) is 9.07. The van der Waals surface area contributed by atoms with E-state index in [1.54, 1.807) is 0 Å². The summed E-state index contributed by atoms with van der Waals surface area (Å²) < 4.78 is 22.3. The Bertz CT molecular complexity index is 545.